The number of rotatable bonds is 6. The van der Waals surface area contributed by atoms with E-state index < -0.39 is 6.09 Å². The lowest BCUT2D eigenvalue weighted by Gasteiger charge is -2.37. The minimum absolute atomic E-state index is 0.249. The van der Waals surface area contributed by atoms with Crippen LogP contribution in [-0.4, -0.2) is 55.7 Å². The van der Waals surface area contributed by atoms with Crippen molar-refractivity contribution in [2.75, 3.05) is 32.8 Å². The van der Waals surface area contributed by atoms with Gasteiger partial charge in [0.1, 0.15) is 0 Å². The van der Waals surface area contributed by atoms with Crippen molar-refractivity contribution in [3.63, 3.8) is 0 Å². The molecule has 1 heterocycles. The lowest BCUT2D eigenvalue weighted by Crippen LogP contribution is -2.59. The van der Waals surface area contributed by atoms with Crippen molar-refractivity contribution in [3.05, 3.63) is 0 Å². The number of hydrogen-bond donors (Lipinski definition) is 2. The molecule has 2 N–H and O–H groups in total. The molecule has 0 radical (unpaired) electrons. The molecule has 0 unspecified atom stereocenters. The van der Waals surface area contributed by atoms with E-state index in [0.29, 0.717) is 6.04 Å². The van der Waals surface area contributed by atoms with Crippen LogP contribution in [0.1, 0.15) is 20.3 Å². The summed E-state index contributed by atoms with van der Waals surface area (Å²) in [6.07, 6.45) is 0.323. The summed E-state index contributed by atoms with van der Waals surface area (Å²) in [5.41, 5.74) is 0. The van der Waals surface area contributed by atoms with E-state index in [1.165, 1.54) is 0 Å². The molecule has 0 aromatic carbocycles. The summed E-state index contributed by atoms with van der Waals surface area (Å²) < 4.78 is 4.65. The summed E-state index contributed by atoms with van der Waals surface area (Å²) in [6.45, 7) is 6.97. The van der Waals surface area contributed by atoms with Gasteiger partial charge in [-0.05, 0) is 19.9 Å². The van der Waals surface area contributed by atoms with Gasteiger partial charge in [-0.3, -0.25) is 15.0 Å². The SMILES string of the molecule is CCCN(CC(=O)NC(=O)OCC)C1CNC1. The van der Waals surface area contributed by atoms with Crippen LogP contribution >= 0.6 is 0 Å². The minimum Gasteiger partial charge on any atom is -0.450 e. The molecule has 6 heteroatoms. The van der Waals surface area contributed by atoms with Crippen molar-refractivity contribution in [1.29, 1.82) is 0 Å². The summed E-state index contributed by atoms with van der Waals surface area (Å²) >= 11 is 0. The molecule has 0 aromatic heterocycles. The fourth-order valence-electron chi connectivity index (χ4n) is 1.71. The Hall–Kier alpha value is -1.14. The summed E-state index contributed by atoms with van der Waals surface area (Å²) in [7, 11) is 0. The Morgan fingerprint density at radius 2 is 2.12 bits per heavy atom. The molecule has 2 amide bonds. The zero-order valence-corrected chi connectivity index (χ0v) is 10.5. The van der Waals surface area contributed by atoms with Crippen LogP contribution < -0.4 is 10.6 Å². The summed E-state index contributed by atoms with van der Waals surface area (Å²) in [6, 6.07) is 0.405. The standard InChI is InChI=1S/C11H21N3O3/c1-3-5-14(9-6-12-7-9)8-10(15)13-11(16)17-4-2/h9,12H,3-8H2,1-2H3,(H,13,15,16). The van der Waals surface area contributed by atoms with Crippen molar-refractivity contribution in [2.24, 2.45) is 0 Å². The summed E-state index contributed by atoms with van der Waals surface area (Å²) in [5, 5.41) is 5.38. The highest BCUT2D eigenvalue weighted by Gasteiger charge is 2.25. The first-order valence-corrected chi connectivity index (χ1v) is 6.08. The third-order valence-electron chi connectivity index (χ3n) is 2.65. The van der Waals surface area contributed by atoms with Gasteiger partial charge < -0.3 is 10.1 Å². The van der Waals surface area contributed by atoms with Gasteiger partial charge in [-0.2, -0.15) is 0 Å². The first-order chi connectivity index (χ1) is 8.17. The fraction of sp³-hybridized carbons (Fsp3) is 0.818. The van der Waals surface area contributed by atoms with Gasteiger partial charge >= 0.3 is 6.09 Å². The Morgan fingerprint density at radius 1 is 1.41 bits per heavy atom. The summed E-state index contributed by atoms with van der Waals surface area (Å²) in [5.74, 6) is -0.302. The normalized spacial score (nSPS) is 15.5. The predicted molar refractivity (Wildman–Crippen MR) is 63.7 cm³/mol. The molecule has 17 heavy (non-hydrogen) atoms. The number of hydrogen-bond acceptors (Lipinski definition) is 5. The zero-order chi connectivity index (χ0) is 12.7. The molecule has 0 aliphatic carbocycles. The van der Waals surface area contributed by atoms with Crippen molar-refractivity contribution in [3.8, 4) is 0 Å². The summed E-state index contributed by atoms with van der Waals surface area (Å²) in [4.78, 5) is 24.7. The van der Waals surface area contributed by atoms with E-state index in [-0.39, 0.29) is 19.1 Å². The van der Waals surface area contributed by atoms with E-state index in [1.54, 1.807) is 6.92 Å². The number of amides is 2. The molecule has 1 aliphatic rings. The van der Waals surface area contributed by atoms with Gasteiger partial charge in [0.15, 0.2) is 0 Å². The molecular weight excluding hydrogens is 222 g/mol. The third kappa shape index (κ3) is 4.70. The predicted octanol–water partition coefficient (Wildman–Crippen LogP) is -0.0571. The van der Waals surface area contributed by atoms with E-state index in [4.69, 9.17) is 0 Å². The van der Waals surface area contributed by atoms with E-state index in [0.717, 1.165) is 26.1 Å². The Labute approximate surface area is 102 Å². The van der Waals surface area contributed by atoms with Crippen molar-refractivity contribution in [2.45, 2.75) is 26.3 Å². The number of alkyl carbamates (subject to hydrolysis) is 1. The Kier molecular flexibility index (Phi) is 5.93. The van der Waals surface area contributed by atoms with Crippen LogP contribution in [0.3, 0.4) is 0 Å². The van der Waals surface area contributed by atoms with Crippen LogP contribution in [0.15, 0.2) is 0 Å². The van der Waals surface area contributed by atoms with Crippen LogP contribution in [0.5, 0.6) is 0 Å². The number of nitrogens with one attached hydrogen (secondary N) is 2. The molecule has 0 aromatic rings. The van der Waals surface area contributed by atoms with Crippen molar-refractivity contribution < 1.29 is 14.3 Å². The number of ether oxygens (including phenoxy) is 1. The lowest BCUT2D eigenvalue weighted by atomic mass is 10.1. The Morgan fingerprint density at radius 3 is 2.59 bits per heavy atom. The van der Waals surface area contributed by atoms with E-state index in [1.807, 2.05) is 0 Å². The molecule has 98 valence electrons. The van der Waals surface area contributed by atoms with Crippen LogP contribution in [-0.2, 0) is 9.53 Å². The van der Waals surface area contributed by atoms with E-state index >= 15 is 0 Å². The first-order valence-electron chi connectivity index (χ1n) is 6.08. The monoisotopic (exact) mass is 243 g/mol. The van der Waals surface area contributed by atoms with Gasteiger partial charge in [-0.25, -0.2) is 4.79 Å². The maximum atomic E-state index is 11.6. The van der Waals surface area contributed by atoms with Gasteiger partial charge in [-0.15, -0.1) is 0 Å². The molecule has 0 atom stereocenters. The van der Waals surface area contributed by atoms with Gasteiger partial charge in [0.25, 0.3) is 0 Å². The maximum absolute atomic E-state index is 11.6. The average molecular weight is 243 g/mol. The highest BCUT2D eigenvalue weighted by atomic mass is 16.5. The molecule has 1 fully saturated rings. The first kappa shape index (κ1) is 13.9. The minimum atomic E-state index is -0.666. The van der Waals surface area contributed by atoms with Crippen LogP contribution in [0.25, 0.3) is 0 Å². The molecule has 0 saturated carbocycles. The topological polar surface area (TPSA) is 70.7 Å². The fourth-order valence-corrected chi connectivity index (χ4v) is 1.71. The number of nitrogens with zero attached hydrogens (tertiary/aromatic N) is 1. The van der Waals surface area contributed by atoms with Gasteiger partial charge in [-0.1, -0.05) is 6.92 Å². The van der Waals surface area contributed by atoms with Gasteiger partial charge in [0.05, 0.1) is 13.2 Å². The molecule has 0 spiro atoms. The lowest BCUT2D eigenvalue weighted by molar-refractivity contribution is -0.122. The number of imide groups is 1. The smallest absolute Gasteiger partial charge is 0.413 e. The third-order valence-corrected chi connectivity index (χ3v) is 2.65. The quantitative estimate of drug-likeness (QED) is 0.684. The highest BCUT2D eigenvalue weighted by molar-refractivity contribution is 5.92. The average Bonchev–Trinajstić information content (AvgIpc) is 2.14. The molecule has 1 saturated heterocycles. The molecule has 1 rings (SSSR count). The number of carbonyl (C=O) groups excluding carboxylic acids is 2. The highest BCUT2D eigenvalue weighted by Crippen LogP contribution is 2.05. The maximum Gasteiger partial charge on any atom is 0.413 e. The largest absolute Gasteiger partial charge is 0.450 e. The zero-order valence-electron chi connectivity index (χ0n) is 10.5. The van der Waals surface area contributed by atoms with Crippen LogP contribution in [0.4, 0.5) is 4.79 Å². The molecule has 1 aliphatic heterocycles. The van der Waals surface area contributed by atoms with Crippen molar-refractivity contribution in [1.82, 2.24) is 15.5 Å². The second-order valence-electron chi connectivity index (χ2n) is 4.05. The van der Waals surface area contributed by atoms with Crippen LogP contribution in [0.2, 0.25) is 0 Å². The van der Waals surface area contributed by atoms with Crippen molar-refractivity contribution >= 4 is 12.0 Å². The van der Waals surface area contributed by atoms with E-state index in [9.17, 15) is 9.59 Å². The molecular formula is C11H21N3O3. The Bertz CT molecular complexity index is 267. The second-order valence-corrected chi connectivity index (χ2v) is 4.05. The number of carbonyl (C=O) groups is 2. The van der Waals surface area contributed by atoms with Gasteiger partial charge in [0, 0.05) is 19.1 Å². The van der Waals surface area contributed by atoms with E-state index in [2.05, 4.69) is 27.2 Å². The molecule has 6 nitrogen and oxygen atoms in total. The molecule has 0 bridgehead atoms. The van der Waals surface area contributed by atoms with Crippen LogP contribution in [0, 0.1) is 0 Å². The second kappa shape index (κ2) is 7.24. The Balaban J connectivity index is 2.32. The van der Waals surface area contributed by atoms with Gasteiger partial charge in [0.2, 0.25) is 5.91 Å².